The van der Waals surface area contributed by atoms with E-state index >= 15 is 0 Å². The quantitative estimate of drug-likeness (QED) is 0.482. The Morgan fingerprint density at radius 3 is 1.88 bits per heavy atom. The fourth-order valence-electron chi connectivity index (χ4n) is 3.40. The lowest BCUT2D eigenvalue weighted by Crippen LogP contribution is -2.50. The smallest absolute Gasteiger partial charge is 0.414 e. The first-order valence-electron chi connectivity index (χ1n) is 10.8. The predicted molar refractivity (Wildman–Crippen MR) is 120 cm³/mol. The number of hydrogen-bond donors (Lipinski definition) is 2. The fourth-order valence-corrected chi connectivity index (χ4v) is 3.40. The molecule has 0 saturated carbocycles. The Balaban J connectivity index is 0.000000569. The van der Waals surface area contributed by atoms with Crippen molar-refractivity contribution in [3.8, 4) is 0 Å². The van der Waals surface area contributed by atoms with Crippen molar-refractivity contribution in [1.82, 2.24) is 14.8 Å². The summed E-state index contributed by atoms with van der Waals surface area (Å²) < 4.78 is 0. The summed E-state index contributed by atoms with van der Waals surface area (Å²) in [6, 6.07) is 14.1. The standard InChI is InChI=1S/C22H27N3O2.C2H2O4/c26-21(11-5-4-9-19-7-2-1-3-8-19)24-13-15-25(16-14-24)22(27)17-20-10-6-12-23-18-20;3-1(4)2(5)6/h1-3,6-8,10,12,18H,4-5,9,11,13-17H2;(H,3,4)(H,5,6). The van der Waals surface area contributed by atoms with Gasteiger partial charge < -0.3 is 20.0 Å². The van der Waals surface area contributed by atoms with E-state index in [-0.39, 0.29) is 11.8 Å². The van der Waals surface area contributed by atoms with Gasteiger partial charge in [0.05, 0.1) is 6.42 Å². The van der Waals surface area contributed by atoms with E-state index in [9.17, 15) is 9.59 Å². The van der Waals surface area contributed by atoms with Crippen molar-refractivity contribution in [3.05, 3.63) is 66.0 Å². The van der Waals surface area contributed by atoms with Crippen LogP contribution in [0.2, 0.25) is 0 Å². The van der Waals surface area contributed by atoms with E-state index in [1.165, 1.54) is 5.56 Å². The highest BCUT2D eigenvalue weighted by Crippen LogP contribution is 2.11. The molecule has 2 N–H and O–H groups in total. The number of pyridine rings is 1. The number of unbranched alkanes of at least 4 members (excludes halogenated alkanes) is 1. The highest BCUT2D eigenvalue weighted by atomic mass is 16.4. The number of rotatable bonds is 7. The van der Waals surface area contributed by atoms with Gasteiger partial charge in [-0.2, -0.15) is 0 Å². The number of carbonyl (C=O) groups excluding carboxylic acids is 2. The molecule has 2 aromatic rings. The van der Waals surface area contributed by atoms with Gasteiger partial charge in [-0.1, -0.05) is 36.4 Å². The molecule has 0 aliphatic carbocycles. The molecule has 1 saturated heterocycles. The maximum atomic E-state index is 12.4. The van der Waals surface area contributed by atoms with E-state index in [1.54, 1.807) is 12.4 Å². The summed E-state index contributed by atoms with van der Waals surface area (Å²) in [6.07, 6.45) is 7.36. The molecule has 9 nitrogen and oxygen atoms in total. The van der Waals surface area contributed by atoms with Crippen LogP contribution in [0.1, 0.15) is 30.4 Å². The summed E-state index contributed by atoms with van der Waals surface area (Å²) in [4.78, 5) is 50.8. The van der Waals surface area contributed by atoms with Gasteiger partial charge in [-0.15, -0.1) is 0 Å². The Morgan fingerprint density at radius 2 is 1.33 bits per heavy atom. The molecule has 9 heteroatoms. The van der Waals surface area contributed by atoms with Crippen molar-refractivity contribution in [1.29, 1.82) is 0 Å². The Bertz CT molecular complexity index is 900. The second-order valence-corrected chi connectivity index (χ2v) is 7.60. The molecule has 176 valence electrons. The van der Waals surface area contributed by atoms with E-state index in [4.69, 9.17) is 19.8 Å². The van der Waals surface area contributed by atoms with Crippen LogP contribution in [0.15, 0.2) is 54.9 Å². The van der Waals surface area contributed by atoms with Crippen LogP contribution in [0, 0.1) is 0 Å². The second-order valence-electron chi connectivity index (χ2n) is 7.60. The average Bonchev–Trinajstić information content (AvgIpc) is 2.83. The van der Waals surface area contributed by atoms with Gasteiger partial charge in [0.15, 0.2) is 0 Å². The third-order valence-electron chi connectivity index (χ3n) is 5.20. The monoisotopic (exact) mass is 455 g/mol. The van der Waals surface area contributed by atoms with E-state index in [2.05, 4.69) is 29.2 Å². The molecule has 1 aliphatic heterocycles. The maximum absolute atomic E-state index is 12.4. The topological polar surface area (TPSA) is 128 Å². The van der Waals surface area contributed by atoms with E-state index < -0.39 is 11.9 Å². The molecular weight excluding hydrogens is 426 g/mol. The summed E-state index contributed by atoms with van der Waals surface area (Å²) in [5.74, 6) is -3.33. The minimum absolute atomic E-state index is 0.109. The third kappa shape index (κ3) is 9.51. The molecule has 0 unspecified atom stereocenters. The molecule has 0 spiro atoms. The normalized spacial score (nSPS) is 13.0. The zero-order valence-corrected chi connectivity index (χ0v) is 18.4. The molecule has 0 atom stereocenters. The minimum Gasteiger partial charge on any atom is -0.473 e. The summed E-state index contributed by atoms with van der Waals surface area (Å²) in [7, 11) is 0. The number of aryl methyl sites for hydroxylation is 1. The summed E-state index contributed by atoms with van der Waals surface area (Å²) in [5, 5.41) is 14.8. The molecular formula is C24H29N3O6. The number of aromatic nitrogens is 1. The number of benzene rings is 1. The summed E-state index contributed by atoms with van der Waals surface area (Å²) in [6.45, 7) is 2.51. The van der Waals surface area contributed by atoms with Crippen molar-refractivity contribution < 1.29 is 29.4 Å². The fraction of sp³-hybridized carbons (Fsp3) is 0.375. The van der Waals surface area contributed by atoms with Crippen molar-refractivity contribution in [2.75, 3.05) is 26.2 Å². The second kappa shape index (κ2) is 13.6. The van der Waals surface area contributed by atoms with Gasteiger partial charge >= 0.3 is 11.9 Å². The molecule has 1 aromatic heterocycles. The van der Waals surface area contributed by atoms with Crippen LogP contribution in [0.5, 0.6) is 0 Å². The number of nitrogens with zero attached hydrogens (tertiary/aromatic N) is 3. The molecule has 33 heavy (non-hydrogen) atoms. The number of carboxylic acids is 2. The van der Waals surface area contributed by atoms with Crippen LogP contribution in [0.4, 0.5) is 0 Å². The first kappa shape index (κ1) is 25.5. The molecule has 2 amide bonds. The number of hydrogen-bond acceptors (Lipinski definition) is 5. The summed E-state index contributed by atoms with van der Waals surface area (Å²) in [5.41, 5.74) is 2.25. The van der Waals surface area contributed by atoms with Crippen molar-refractivity contribution in [2.24, 2.45) is 0 Å². The first-order chi connectivity index (χ1) is 15.9. The Kier molecular flexibility index (Phi) is 10.5. The molecule has 0 bridgehead atoms. The zero-order chi connectivity index (χ0) is 24.1. The van der Waals surface area contributed by atoms with Crippen molar-refractivity contribution >= 4 is 23.8 Å². The SMILES string of the molecule is O=C(CCCCc1ccccc1)N1CCN(C(=O)Cc2cccnc2)CC1.O=C(O)C(=O)O. The van der Waals surface area contributed by atoms with Gasteiger partial charge in [0.2, 0.25) is 11.8 Å². The lowest BCUT2D eigenvalue weighted by Gasteiger charge is -2.35. The van der Waals surface area contributed by atoms with Gasteiger partial charge in [0.1, 0.15) is 0 Å². The van der Waals surface area contributed by atoms with Gasteiger partial charge in [-0.05, 0) is 36.5 Å². The van der Waals surface area contributed by atoms with Crippen LogP contribution in [0.25, 0.3) is 0 Å². The van der Waals surface area contributed by atoms with Gasteiger partial charge in [0.25, 0.3) is 0 Å². The average molecular weight is 456 g/mol. The highest BCUT2D eigenvalue weighted by Gasteiger charge is 2.23. The Hall–Kier alpha value is -3.75. The largest absolute Gasteiger partial charge is 0.473 e. The lowest BCUT2D eigenvalue weighted by atomic mass is 10.1. The number of amides is 2. The Morgan fingerprint density at radius 1 is 0.758 bits per heavy atom. The maximum Gasteiger partial charge on any atom is 0.414 e. The number of piperazine rings is 1. The van der Waals surface area contributed by atoms with Gasteiger partial charge in [-0.3, -0.25) is 14.6 Å². The molecule has 2 heterocycles. The van der Waals surface area contributed by atoms with Crippen LogP contribution in [-0.4, -0.2) is 74.9 Å². The van der Waals surface area contributed by atoms with E-state index in [0.717, 1.165) is 24.8 Å². The third-order valence-corrected chi connectivity index (χ3v) is 5.20. The van der Waals surface area contributed by atoms with E-state index in [0.29, 0.717) is 39.0 Å². The molecule has 3 rings (SSSR count). The highest BCUT2D eigenvalue weighted by molar-refractivity contribution is 6.27. The van der Waals surface area contributed by atoms with Crippen molar-refractivity contribution in [3.63, 3.8) is 0 Å². The van der Waals surface area contributed by atoms with Crippen molar-refractivity contribution in [2.45, 2.75) is 32.1 Å². The predicted octanol–water partition coefficient (Wildman–Crippen LogP) is 1.86. The zero-order valence-electron chi connectivity index (χ0n) is 18.4. The summed E-state index contributed by atoms with van der Waals surface area (Å²) >= 11 is 0. The van der Waals surface area contributed by atoms with Crippen LogP contribution >= 0.6 is 0 Å². The number of carbonyl (C=O) groups is 4. The van der Waals surface area contributed by atoms with Gasteiger partial charge in [0, 0.05) is 45.0 Å². The first-order valence-corrected chi connectivity index (χ1v) is 10.8. The molecule has 1 aliphatic rings. The number of carboxylic acid groups (broad SMARTS) is 2. The minimum atomic E-state index is -1.82. The van der Waals surface area contributed by atoms with Gasteiger partial charge in [-0.25, -0.2) is 9.59 Å². The van der Waals surface area contributed by atoms with E-state index in [1.807, 2.05) is 28.0 Å². The lowest BCUT2D eigenvalue weighted by molar-refractivity contribution is -0.159. The molecule has 1 aromatic carbocycles. The molecule has 0 radical (unpaired) electrons. The van der Waals surface area contributed by atoms with Crippen LogP contribution in [0.3, 0.4) is 0 Å². The number of aliphatic carboxylic acids is 2. The van der Waals surface area contributed by atoms with Crippen LogP contribution in [-0.2, 0) is 32.0 Å². The van der Waals surface area contributed by atoms with Crippen LogP contribution < -0.4 is 0 Å². The molecule has 1 fully saturated rings. The Labute approximate surface area is 192 Å².